The maximum Gasteiger partial charge on any atom is 0.229 e. The molecule has 1 heterocycles. The summed E-state index contributed by atoms with van der Waals surface area (Å²) in [5.74, 6) is 0.678. The Morgan fingerprint density at radius 3 is 1.91 bits per heavy atom. The van der Waals surface area contributed by atoms with Crippen LogP contribution in [-0.2, 0) is 5.41 Å². The van der Waals surface area contributed by atoms with E-state index in [-0.39, 0.29) is 11.2 Å². The quantitative estimate of drug-likeness (QED) is 0.194. The number of hydrogen-bond acceptors (Lipinski definition) is 4. The van der Waals surface area contributed by atoms with Gasteiger partial charge in [0.05, 0.1) is 11.3 Å². The summed E-state index contributed by atoms with van der Waals surface area (Å²) < 4.78 is 6.52. The van der Waals surface area contributed by atoms with E-state index in [1.807, 2.05) is 60.7 Å². The van der Waals surface area contributed by atoms with E-state index in [9.17, 15) is 5.11 Å². The second-order valence-corrected chi connectivity index (χ2v) is 12.5. The molecule has 0 fully saturated rings. The van der Waals surface area contributed by atoms with Crippen LogP contribution >= 0.6 is 0 Å². The van der Waals surface area contributed by atoms with Gasteiger partial charge in [-0.1, -0.05) is 124 Å². The zero-order chi connectivity index (χ0) is 31.7. The molecule has 7 aromatic rings. The maximum atomic E-state index is 10.6. The van der Waals surface area contributed by atoms with E-state index in [4.69, 9.17) is 14.4 Å². The van der Waals surface area contributed by atoms with Crippen molar-refractivity contribution in [1.82, 2.24) is 4.98 Å². The van der Waals surface area contributed by atoms with Crippen LogP contribution in [0.5, 0.6) is 5.75 Å². The van der Waals surface area contributed by atoms with Gasteiger partial charge in [-0.25, -0.2) is 4.98 Å². The summed E-state index contributed by atoms with van der Waals surface area (Å²) in [6.45, 7) is 6.45. The summed E-state index contributed by atoms with van der Waals surface area (Å²) >= 11 is 0. The van der Waals surface area contributed by atoms with E-state index in [0.717, 1.165) is 38.9 Å². The molecule has 4 heteroatoms. The molecule has 0 aliphatic heterocycles. The Morgan fingerprint density at radius 2 is 1.22 bits per heavy atom. The lowest BCUT2D eigenvalue weighted by molar-refractivity contribution is 0.473. The van der Waals surface area contributed by atoms with Crippen molar-refractivity contribution in [3.63, 3.8) is 0 Å². The second-order valence-electron chi connectivity index (χ2n) is 12.5. The van der Waals surface area contributed by atoms with Crippen molar-refractivity contribution < 1.29 is 9.52 Å². The average molecular weight is 599 g/mol. The average Bonchev–Trinajstić information content (AvgIpc) is 3.52. The molecular weight excluding hydrogens is 564 g/mol. The minimum atomic E-state index is -0.0500. The third-order valence-corrected chi connectivity index (χ3v) is 8.28. The molecule has 0 saturated heterocycles. The highest BCUT2D eigenvalue weighted by atomic mass is 16.3. The van der Waals surface area contributed by atoms with Gasteiger partial charge in [0.2, 0.25) is 5.89 Å². The van der Waals surface area contributed by atoms with Crippen LogP contribution in [0.3, 0.4) is 0 Å². The van der Waals surface area contributed by atoms with Crippen LogP contribution in [0, 0.1) is 0 Å². The van der Waals surface area contributed by atoms with Crippen LogP contribution < -0.4 is 0 Å². The van der Waals surface area contributed by atoms with Gasteiger partial charge in [0.25, 0.3) is 0 Å². The maximum absolute atomic E-state index is 10.6. The summed E-state index contributed by atoms with van der Waals surface area (Å²) in [4.78, 5) is 9.84. The van der Waals surface area contributed by atoms with Gasteiger partial charge in [0, 0.05) is 17.3 Å². The number of phenolic OH excluding ortho intramolecular Hbond substituents is 1. The number of aromatic hydroxyl groups is 1. The van der Waals surface area contributed by atoms with Crippen LogP contribution in [0.25, 0.3) is 55.9 Å². The Kier molecular flexibility index (Phi) is 7.55. The molecular formula is C42H34N2O2. The number of aromatic nitrogens is 1. The molecule has 0 aliphatic rings. The molecule has 7 rings (SSSR count). The van der Waals surface area contributed by atoms with Crippen molar-refractivity contribution in [3.8, 4) is 50.6 Å². The molecule has 1 aromatic heterocycles. The van der Waals surface area contributed by atoms with Gasteiger partial charge in [-0.2, -0.15) is 0 Å². The fraction of sp³-hybridized carbons (Fsp3) is 0.0952. The van der Waals surface area contributed by atoms with Gasteiger partial charge >= 0.3 is 0 Å². The van der Waals surface area contributed by atoms with E-state index in [1.54, 1.807) is 12.3 Å². The molecule has 0 bridgehead atoms. The lowest BCUT2D eigenvalue weighted by Crippen LogP contribution is -2.11. The van der Waals surface area contributed by atoms with E-state index >= 15 is 0 Å². The number of fused-ring (bicyclic) bond motifs is 1. The number of rotatable bonds is 6. The number of aliphatic imine (C=N–C) groups is 1. The van der Waals surface area contributed by atoms with Gasteiger partial charge in [0.1, 0.15) is 11.3 Å². The first-order chi connectivity index (χ1) is 22.3. The summed E-state index contributed by atoms with van der Waals surface area (Å²) in [5.41, 5.74) is 11.3. The fourth-order valence-corrected chi connectivity index (χ4v) is 5.67. The molecule has 0 amide bonds. The van der Waals surface area contributed by atoms with Crippen LogP contribution in [-0.4, -0.2) is 16.3 Å². The van der Waals surface area contributed by atoms with Crippen molar-refractivity contribution in [2.75, 3.05) is 0 Å². The number of hydrogen-bond donors (Lipinski definition) is 1. The molecule has 0 saturated carbocycles. The highest BCUT2D eigenvalue weighted by Crippen LogP contribution is 2.39. The Hall–Kier alpha value is -5.74. The Morgan fingerprint density at radius 1 is 0.609 bits per heavy atom. The minimum absolute atomic E-state index is 0.0500. The van der Waals surface area contributed by atoms with Crippen molar-refractivity contribution >= 4 is 23.0 Å². The standard InChI is InChI=1S/C42H34N2O2/c1-42(2,3)34-22-23-38(45)33(24-34)27-43-37-17-11-10-16-35(37)41-44-40-36(31-14-8-5-9-15-31)25-32(26-39(40)46-41)30-20-18-29(19-21-30)28-12-6-4-7-13-28/h4-27,45H,1-3H3. The van der Waals surface area contributed by atoms with E-state index in [0.29, 0.717) is 22.7 Å². The molecule has 0 unspecified atom stereocenters. The molecule has 0 aliphatic carbocycles. The third kappa shape index (κ3) is 5.85. The lowest BCUT2D eigenvalue weighted by atomic mass is 9.86. The van der Waals surface area contributed by atoms with Gasteiger partial charge in [-0.05, 0) is 75.2 Å². The van der Waals surface area contributed by atoms with Gasteiger partial charge in [-0.3, -0.25) is 4.99 Å². The fourth-order valence-electron chi connectivity index (χ4n) is 5.67. The predicted molar refractivity (Wildman–Crippen MR) is 190 cm³/mol. The van der Waals surface area contributed by atoms with Gasteiger partial charge in [-0.15, -0.1) is 0 Å². The summed E-state index contributed by atoms with van der Waals surface area (Å²) in [6.07, 6.45) is 1.71. The summed E-state index contributed by atoms with van der Waals surface area (Å²) in [5, 5.41) is 10.6. The van der Waals surface area contributed by atoms with E-state index in [2.05, 4.69) is 93.6 Å². The molecule has 224 valence electrons. The Bertz CT molecular complexity index is 2170. The van der Waals surface area contributed by atoms with Gasteiger partial charge < -0.3 is 9.52 Å². The first-order valence-corrected chi connectivity index (χ1v) is 15.5. The van der Waals surface area contributed by atoms with Crippen LogP contribution in [0.4, 0.5) is 5.69 Å². The highest BCUT2D eigenvalue weighted by Gasteiger charge is 2.18. The number of phenols is 1. The Labute approximate surface area is 269 Å². The molecule has 6 aromatic carbocycles. The zero-order valence-electron chi connectivity index (χ0n) is 26.1. The molecule has 0 atom stereocenters. The SMILES string of the molecule is CC(C)(C)c1ccc(O)c(C=Nc2ccccc2-c2nc3c(-c4ccccc4)cc(-c4ccc(-c5ccccc5)cc4)cc3o2)c1. The first kappa shape index (κ1) is 29.0. The highest BCUT2D eigenvalue weighted by molar-refractivity contribution is 5.97. The van der Waals surface area contributed by atoms with Crippen LogP contribution in [0.15, 0.2) is 149 Å². The smallest absolute Gasteiger partial charge is 0.229 e. The van der Waals surface area contributed by atoms with E-state index < -0.39 is 0 Å². The number of benzene rings is 6. The largest absolute Gasteiger partial charge is 0.507 e. The van der Waals surface area contributed by atoms with Crippen molar-refractivity contribution in [2.45, 2.75) is 26.2 Å². The van der Waals surface area contributed by atoms with Crippen molar-refractivity contribution in [1.29, 1.82) is 0 Å². The number of para-hydroxylation sites is 1. The molecule has 0 radical (unpaired) electrons. The first-order valence-electron chi connectivity index (χ1n) is 15.5. The van der Waals surface area contributed by atoms with Crippen molar-refractivity contribution in [3.05, 3.63) is 151 Å². The predicted octanol–water partition coefficient (Wildman–Crippen LogP) is 11.2. The Balaban J connectivity index is 1.31. The number of nitrogens with zero attached hydrogens (tertiary/aromatic N) is 2. The molecule has 1 N–H and O–H groups in total. The number of oxazole rings is 1. The molecule has 4 nitrogen and oxygen atoms in total. The third-order valence-electron chi connectivity index (χ3n) is 8.28. The summed E-state index contributed by atoms with van der Waals surface area (Å²) in [6, 6.07) is 47.0. The minimum Gasteiger partial charge on any atom is -0.507 e. The summed E-state index contributed by atoms with van der Waals surface area (Å²) in [7, 11) is 0. The van der Waals surface area contributed by atoms with Gasteiger partial charge in [0.15, 0.2) is 5.58 Å². The van der Waals surface area contributed by atoms with Crippen molar-refractivity contribution in [2.24, 2.45) is 4.99 Å². The second kappa shape index (κ2) is 12.0. The monoisotopic (exact) mass is 598 g/mol. The lowest BCUT2D eigenvalue weighted by Gasteiger charge is -2.19. The molecule has 46 heavy (non-hydrogen) atoms. The van der Waals surface area contributed by atoms with E-state index in [1.165, 1.54) is 11.1 Å². The molecule has 0 spiro atoms. The topological polar surface area (TPSA) is 58.6 Å². The van der Waals surface area contributed by atoms with Crippen LogP contribution in [0.1, 0.15) is 31.9 Å². The van der Waals surface area contributed by atoms with Crippen LogP contribution in [0.2, 0.25) is 0 Å². The zero-order valence-corrected chi connectivity index (χ0v) is 26.1. The normalized spacial score (nSPS) is 11.8.